The molecular formula is C12H12F4O2. The molecule has 2 nitrogen and oxygen atoms in total. The van der Waals surface area contributed by atoms with Crippen LogP contribution in [0.1, 0.15) is 30.1 Å². The molecule has 0 atom stereocenters. The molecule has 0 aliphatic heterocycles. The van der Waals surface area contributed by atoms with Gasteiger partial charge in [0.05, 0.1) is 6.61 Å². The number of Topliss-reactive ketones (excluding diaryl/α,β-unsaturated/α-hetero) is 1. The van der Waals surface area contributed by atoms with Gasteiger partial charge in [-0.2, -0.15) is 13.2 Å². The van der Waals surface area contributed by atoms with E-state index >= 15 is 0 Å². The predicted octanol–water partition coefficient (Wildman–Crippen LogP) is 3.75. The number of carbonyl (C=O) groups excluding carboxylic acids is 1. The van der Waals surface area contributed by atoms with Crippen molar-refractivity contribution in [2.45, 2.75) is 25.9 Å². The maximum atomic E-state index is 13.4. The van der Waals surface area contributed by atoms with Gasteiger partial charge in [-0.05, 0) is 31.5 Å². The van der Waals surface area contributed by atoms with Crippen LogP contribution in [0.4, 0.5) is 17.6 Å². The zero-order valence-corrected chi connectivity index (χ0v) is 9.68. The van der Waals surface area contributed by atoms with Gasteiger partial charge in [-0.3, -0.25) is 4.79 Å². The van der Waals surface area contributed by atoms with Gasteiger partial charge in [0.15, 0.2) is 17.3 Å². The van der Waals surface area contributed by atoms with Gasteiger partial charge in [0, 0.05) is 12.0 Å². The van der Waals surface area contributed by atoms with Crippen molar-refractivity contribution in [3.8, 4) is 5.75 Å². The second kappa shape index (κ2) is 5.84. The Bertz CT molecular complexity index is 427. The lowest BCUT2D eigenvalue weighted by molar-refractivity contribution is -0.136. The summed E-state index contributed by atoms with van der Waals surface area (Å²) in [6.07, 6.45) is -5.45. The van der Waals surface area contributed by atoms with Crippen molar-refractivity contribution >= 4 is 5.78 Å². The highest BCUT2D eigenvalue weighted by atomic mass is 19.4. The predicted molar refractivity (Wildman–Crippen MR) is 57.2 cm³/mol. The van der Waals surface area contributed by atoms with Crippen molar-refractivity contribution in [2.24, 2.45) is 0 Å². The average molecular weight is 264 g/mol. The maximum Gasteiger partial charge on any atom is 0.389 e. The summed E-state index contributed by atoms with van der Waals surface area (Å²) in [7, 11) is 0. The van der Waals surface area contributed by atoms with Crippen molar-refractivity contribution in [3.05, 3.63) is 29.6 Å². The highest BCUT2D eigenvalue weighted by molar-refractivity contribution is 5.94. The molecule has 0 amide bonds. The Balaban J connectivity index is 2.51. The van der Waals surface area contributed by atoms with Crippen LogP contribution in [0.25, 0.3) is 0 Å². The molecule has 0 saturated carbocycles. The Kier molecular flexibility index (Phi) is 4.69. The van der Waals surface area contributed by atoms with E-state index in [9.17, 15) is 22.4 Å². The van der Waals surface area contributed by atoms with Gasteiger partial charge >= 0.3 is 6.18 Å². The van der Waals surface area contributed by atoms with Gasteiger partial charge in [0.1, 0.15) is 0 Å². The van der Waals surface area contributed by atoms with Crippen LogP contribution in [0, 0.1) is 5.82 Å². The second-order valence-corrected chi connectivity index (χ2v) is 3.77. The van der Waals surface area contributed by atoms with Crippen molar-refractivity contribution < 1.29 is 27.1 Å². The van der Waals surface area contributed by atoms with Crippen LogP contribution in [0.5, 0.6) is 5.75 Å². The Hall–Kier alpha value is -1.59. The zero-order chi connectivity index (χ0) is 13.8. The summed E-state index contributed by atoms with van der Waals surface area (Å²) in [4.78, 5) is 10.9. The number of ether oxygens (including phenoxy) is 1. The molecule has 0 heterocycles. The summed E-state index contributed by atoms with van der Waals surface area (Å²) in [6, 6.07) is 3.60. The second-order valence-electron chi connectivity index (χ2n) is 3.77. The van der Waals surface area contributed by atoms with E-state index < -0.39 is 18.4 Å². The van der Waals surface area contributed by atoms with Crippen LogP contribution in [0.15, 0.2) is 18.2 Å². The molecule has 1 aromatic carbocycles. The largest absolute Gasteiger partial charge is 0.491 e. The normalized spacial score (nSPS) is 11.4. The summed E-state index contributed by atoms with van der Waals surface area (Å²) in [6.45, 7) is 1.06. The number of hydrogen-bond acceptors (Lipinski definition) is 2. The van der Waals surface area contributed by atoms with Crippen molar-refractivity contribution in [3.63, 3.8) is 0 Å². The quantitative estimate of drug-likeness (QED) is 0.460. The van der Waals surface area contributed by atoms with Gasteiger partial charge < -0.3 is 4.74 Å². The van der Waals surface area contributed by atoms with Gasteiger partial charge in [0.2, 0.25) is 0 Å². The SMILES string of the molecule is CC(=O)c1ccc(OCCCC(F)(F)F)c(F)c1. The topological polar surface area (TPSA) is 26.3 Å². The van der Waals surface area contributed by atoms with E-state index in [1.54, 1.807) is 0 Å². The standard InChI is InChI=1S/C12H12F4O2/c1-8(17)9-3-4-11(10(13)7-9)18-6-2-5-12(14,15)16/h3-4,7H,2,5-6H2,1H3. The zero-order valence-electron chi connectivity index (χ0n) is 9.68. The Labute approximate surface area is 102 Å². The van der Waals surface area contributed by atoms with Gasteiger partial charge in [0.25, 0.3) is 0 Å². The van der Waals surface area contributed by atoms with Crippen molar-refractivity contribution in [2.75, 3.05) is 6.61 Å². The Morgan fingerprint density at radius 2 is 2.00 bits per heavy atom. The summed E-state index contributed by atoms with van der Waals surface area (Å²) < 4.78 is 53.8. The van der Waals surface area contributed by atoms with Crippen LogP contribution in [0.2, 0.25) is 0 Å². The number of ketones is 1. The molecule has 1 rings (SSSR count). The first-order valence-corrected chi connectivity index (χ1v) is 5.29. The fourth-order valence-corrected chi connectivity index (χ4v) is 1.29. The summed E-state index contributed by atoms with van der Waals surface area (Å²) in [5.74, 6) is -1.20. The minimum Gasteiger partial charge on any atom is -0.491 e. The summed E-state index contributed by atoms with van der Waals surface area (Å²) in [5.41, 5.74) is 0.190. The molecule has 0 unspecified atom stereocenters. The molecule has 0 fully saturated rings. The van der Waals surface area contributed by atoms with E-state index in [0.29, 0.717) is 0 Å². The van der Waals surface area contributed by atoms with Crippen LogP contribution < -0.4 is 4.74 Å². The minimum atomic E-state index is -4.24. The van der Waals surface area contributed by atoms with E-state index in [4.69, 9.17) is 4.74 Å². The number of benzene rings is 1. The van der Waals surface area contributed by atoms with Gasteiger partial charge in [-0.15, -0.1) is 0 Å². The van der Waals surface area contributed by atoms with E-state index in [-0.39, 0.29) is 30.1 Å². The number of alkyl halides is 3. The fourth-order valence-electron chi connectivity index (χ4n) is 1.29. The fraction of sp³-hybridized carbons (Fsp3) is 0.417. The number of hydrogen-bond donors (Lipinski definition) is 0. The smallest absolute Gasteiger partial charge is 0.389 e. The maximum absolute atomic E-state index is 13.4. The molecule has 1 aromatic rings. The third kappa shape index (κ3) is 4.73. The first-order chi connectivity index (χ1) is 8.29. The molecule has 0 aromatic heterocycles. The highest BCUT2D eigenvalue weighted by Gasteiger charge is 2.26. The van der Waals surface area contributed by atoms with E-state index in [2.05, 4.69) is 0 Å². The first kappa shape index (κ1) is 14.5. The first-order valence-electron chi connectivity index (χ1n) is 5.29. The van der Waals surface area contributed by atoms with Crippen LogP contribution in [0.3, 0.4) is 0 Å². The summed E-state index contributed by atoms with van der Waals surface area (Å²) in [5, 5.41) is 0. The lowest BCUT2D eigenvalue weighted by Crippen LogP contribution is -2.10. The average Bonchev–Trinajstić information content (AvgIpc) is 2.24. The van der Waals surface area contributed by atoms with E-state index in [0.717, 1.165) is 6.07 Å². The number of carbonyl (C=O) groups is 1. The van der Waals surface area contributed by atoms with Crippen LogP contribution in [-0.2, 0) is 0 Å². The van der Waals surface area contributed by atoms with Gasteiger partial charge in [-0.25, -0.2) is 4.39 Å². The molecule has 18 heavy (non-hydrogen) atoms. The Morgan fingerprint density at radius 1 is 1.33 bits per heavy atom. The van der Waals surface area contributed by atoms with E-state index in [1.165, 1.54) is 19.1 Å². The lowest BCUT2D eigenvalue weighted by Gasteiger charge is -2.09. The number of rotatable bonds is 5. The molecule has 0 bridgehead atoms. The molecule has 0 spiro atoms. The third-order valence-corrected chi connectivity index (χ3v) is 2.20. The van der Waals surface area contributed by atoms with Crippen molar-refractivity contribution in [1.82, 2.24) is 0 Å². The highest BCUT2D eigenvalue weighted by Crippen LogP contribution is 2.23. The van der Waals surface area contributed by atoms with Crippen LogP contribution in [-0.4, -0.2) is 18.6 Å². The van der Waals surface area contributed by atoms with Gasteiger partial charge in [-0.1, -0.05) is 0 Å². The number of halogens is 4. The molecule has 0 saturated heterocycles. The molecule has 0 radical (unpaired) electrons. The lowest BCUT2D eigenvalue weighted by atomic mass is 10.1. The van der Waals surface area contributed by atoms with E-state index in [1.807, 2.05) is 0 Å². The molecule has 100 valence electrons. The molecule has 0 aliphatic rings. The minimum absolute atomic E-state index is 0.151. The summed E-state index contributed by atoms with van der Waals surface area (Å²) >= 11 is 0. The molecule has 0 N–H and O–H groups in total. The Morgan fingerprint density at radius 3 is 2.50 bits per heavy atom. The molecule has 6 heteroatoms. The third-order valence-electron chi connectivity index (χ3n) is 2.20. The monoisotopic (exact) mass is 264 g/mol. The van der Waals surface area contributed by atoms with Crippen molar-refractivity contribution in [1.29, 1.82) is 0 Å². The molecular weight excluding hydrogens is 252 g/mol. The van der Waals surface area contributed by atoms with Crippen LogP contribution >= 0.6 is 0 Å². The molecule has 0 aliphatic carbocycles.